The van der Waals surface area contributed by atoms with Crippen LogP contribution in [0.25, 0.3) is 10.8 Å². The number of ether oxygens (including phenoxy) is 2. The highest BCUT2D eigenvalue weighted by molar-refractivity contribution is 6.76. The summed E-state index contributed by atoms with van der Waals surface area (Å²) in [5.74, 6) is 2.28. The summed E-state index contributed by atoms with van der Waals surface area (Å²) in [7, 11) is -1.08. The fraction of sp³-hybridized carbons (Fsp3) is 0.360. The van der Waals surface area contributed by atoms with Crippen molar-refractivity contribution in [2.75, 3.05) is 11.9 Å². The van der Waals surface area contributed by atoms with E-state index in [2.05, 4.69) is 45.0 Å². The van der Waals surface area contributed by atoms with Crippen molar-refractivity contribution in [3.63, 3.8) is 0 Å². The van der Waals surface area contributed by atoms with Crippen LogP contribution in [0.4, 0.5) is 11.5 Å². The van der Waals surface area contributed by atoms with Crippen LogP contribution in [0.5, 0.6) is 5.75 Å². The van der Waals surface area contributed by atoms with Crippen molar-refractivity contribution < 1.29 is 9.47 Å². The van der Waals surface area contributed by atoms with E-state index in [0.29, 0.717) is 13.3 Å². The van der Waals surface area contributed by atoms with Crippen LogP contribution < -0.4 is 10.1 Å². The molecular formula is C25H32N6O2Si. The van der Waals surface area contributed by atoms with Gasteiger partial charge in [-0.3, -0.25) is 0 Å². The lowest BCUT2D eigenvalue weighted by molar-refractivity contribution is 0.0783. The van der Waals surface area contributed by atoms with E-state index in [-0.39, 0.29) is 0 Å². The predicted octanol–water partition coefficient (Wildman–Crippen LogP) is 5.47. The zero-order chi connectivity index (χ0) is 24.1. The Balaban J connectivity index is 1.38. The number of nitrogens with one attached hydrogen (secondary N) is 1. The quantitative estimate of drug-likeness (QED) is 0.240. The molecule has 0 fully saturated rings. The monoisotopic (exact) mass is 476 g/mol. The summed E-state index contributed by atoms with van der Waals surface area (Å²) in [6, 6.07) is 9.11. The van der Waals surface area contributed by atoms with E-state index in [1.807, 2.05) is 49.0 Å². The van der Waals surface area contributed by atoms with Crippen molar-refractivity contribution in [3.8, 4) is 5.75 Å². The first kappa shape index (κ1) is 23.8. The average Bonchev–Trinajstić information content (AvgIpc) is 3.15. The van der Waals surface area contributed by atoms with Gasteiger partial charge >= 0.3 is 0 Å². The van der Waals surface area contributed by atoms with E-state index in [9.17, 15) is 0 Å². The maximum absolute atomic E-state index is 6.09. The van der Waals surface area contributed by atoms with Crippen LogP contribution >= 0.6 is 0 Å². The van der Waals surface area contributed by atoms with E-state index in [0.717, 1.165) is 57.8 Å². The first-order valence-electron chi connectivity index (χ1n) is 11.4. The molecule has 1 N–H and O–H groups in total. The molecule has 0 saturated carbocycles. The largest absolute Gasteiger partial charge is 0.489 e. The molecule has 0 amide bonds. The van der Waals surface area contributed by atoms with Gasteiger partial charge in [0.1, 0.15) is 30.7 Å². The molecule has 0 atom stereocenters. The molecule has 34 heavy (non-hydrogen) atoms. The zero-order valence-electron chi connectivity index (χ0n) is 20.5. The van der Waals surface area contributed by atoms with Crippen LogP contribution in [0.2, 0.25) is 25.7 Å². The van der Waals surface area contributed by atoms with Gasteiger partial charge in [-0.05, 0) is 49.5 Å². The molecule has 178 valence electrons. The maximum atomic E-state index is 6.09. The Morgan fingerprint density at radius 3 is 2.59 bits per heavy atom. The highest BCUT2D eigenvalue weighted by Gasteiger charge is 2.13. The van der Waals surface area contributed by atoms with Gasteiger partial charge in [0.25, 0.3) is 0 Å². The topological polar surface area (TPSA) is 87.0 Å². The number of hydrogen-bond donors (Lipinski definition) is 1. The van der Waals surface area contributed by atoms with Gasteiger partial charge in [-0.2, -0.15) is 5.10 Å². The van der Waals surface area contributed by atoms with Gasteiger partial charge in [-0.25, -0.2) is 19.6 Å². The standard InChI is InChI=1S/C25H32N6O2Si/c1-18-21(15-31(30-18)17-32-10-11-34(3,4)5)16-33-23-6-7-24-20(12-23)8-9-26-25(24)29-22-13-27-19(2)28-14-22/h6-9,12-15H,10-11,16-17H2,1-5H3,(H,26,29). The Morgan fingerprint density at radius 1 is 1.03 bits per heavy atom. The van der Waals surface area contributed by atoms with Gasteiger partial charge in [0.05, 0.1) is 23.8 Å². The summed E-state index contributed by atoms with van der Waals surface area (Å²) in [4.78, 5) is 12.9. The second kappa shape index (κ2) is 10.3. The highest BCUT2D eigenvalue weighted by Crippen LogP contribution is 2.28. The Bertz CT molecular complexity index is 1250. The van der Waals surface area contributed by atoms with Gasteiger partial charge in [-0.15, -0.1) is 0 Å². The molecule has 0 unspecified atom stereocenters. The van der Waals surface area contributed by atoms with Crippen molar-refractivity contribution >= 4 is 30.4 Å². The average molecular weight is 477 g/mol. The number of hydrogen-bond acceptors (Lipinski definition) is 7. The molecule has 0 aliphatic carbocycles. The molecule has 0 radical (unpaired) electrons. The molecule has 4 rings (SSSR count). The normalized spacial score (nSPS) is 11.7. The lowest BCUT2D eigenvalue weighted by atomic mass is 10.1. The van der Waals surface area contributed by atoms with Gasteiger partial charge in [0.2, 0.25) is 0 Å². The fourth-order valence-electron chi connectivity index (χ4n) is 3.40. The van der Waals surface area contributed by atoms with E-state index in [4.69, 9.17) is 9.47 Å². The third-order valence-electron chi connectivity index (χ3n) is 5.44. The van der Waals surface area contributed by atoms with E-state index in [1.165, 1.54) is 0 Å². The number of aromatic nitrogens is 5. The third kappa shape index (κ3) is 6.39. The molecule has 0 saturated heterocycles. The second-order valence-electron chi connectivity index (χ2n) is 9.60. The van der Waals surface area contributed by atoms with Gasteiger partial charge in [0, 0.05) is 38.0 Å². The summed E-state index contributed by atoms with van der Waals surface area (Å²) in [6.07, 6.45) is 7.28. The van der Waals surface area contributed by atoms with Crippen molar-refractivity contribution in [2.24, 2.45) is 0 Å². The fourth-order valence-corrected chi connectivity index (χ4v) is 4.16. The SMILES string of the molecule is Cc1ncc(Nc2nccc3cc(OCc4cn(COCC[Si](C)(C)C)nc4C)ccc23)cn1. The second-order valence-corrected chi connectivity index (χ2v) is 15.2. The molecule has 8 nitrogen and oxygen atoms in total. The molecule has 0 bridgehead atoms. The first-order valence-corrected chi connectivity index (χ1v) is 15.2. The van der Waals surface area contributed by atoms with Gasteiger partial charge in [-0.1, -0.05) is 19.6 Å². The highest BCUT2D eigenvalue weighted by atomic mass is 28.3. The zero-order valence-corrected chi connectivity index (χ0v) is 21.5. The molecule has 0 aliphatic rings. The summed E-state index contributed by atoms with van der Waals surface area (Å²) in [5, 5.41) is 9.88. The Labute approximate surface area is 201 Å². The summed E-state index contributed by atoms with van der Waals surface area (Å²) < 4.78 is 13.7. The van der Waals surface area contributed by atoms with Gasteiger partial charge < -0.3 is 14.8 Å². The Kier molecular flexibility index (Phi) is 7.23. The minimum Gasteiger partial charge on any atom is -0.489 e. The summed E-state index contributed by atoms with van der Waals surface area (Å²) in [5.41, 5.74) is 2.79. The molecule has 3 heterocycles. The van der Waals surface area contributed by atoms with Crippen molar-refractivity contribution in [2.45, 2.75) is 52.9 Å². The van der Waals surface area contributed by atoms with Crippen molar-refractivity contribution in [3.05, 3.63) is 66.1 Å². The summed E-state index contributed by atoms with van der Waals surface area (Å²) >= 11 is 0. The number of benzene rings is 1. The Hall–Kier alpha value is -3.30. The number of rotatable bonds is 10. The molecule has 0 aliphatic heterocycles. The summed E-state index contributed by atoms with van der Waals surface area (Å²) in [6.45, 7) is 12.6. The maximum Gasteiger partial charge on any atom is 0.139 e. The lowest BCUT2D eigenvalue weighted by Crippen LogP contribution is -2.22. The molecule has 9 heteroatoms. The minimum absolute atomic E-state index is 0.448. The van der Waals surface area contributed by atoms with Gasteiger partial charge in [0.15, 0.2) is 0 Å². The van der Waals surface area contributed by atoms with Crippen LogP contribution in [-0.2, 0) is 18.1 Å². The van der Waals surface area contributed by atoms with Crippen LogP contribution in [-0.4, -0.2) is 39.4 Å². The molecule has 4 aromatic rings. The first-order chi connectivity index (χ1) is 16.3. The number of pyridine rings is 1. The van der Waals surface area contributed by atoms with Crippen LogP contribution in [0, 0.1) is 13.8 Å². The predicted molar refractivity (Wildman–Crippen MR) is 137 cm³/mol. The third-order valence-corrected chi connectivity index (χ3v) is 7.15. The molecular weight excluding hydrogens is 444 g/mol. The van der Waals surface area contributed by atoms with E-state index >= 15 is 0 Å². The van der Waals surface area contributed by atoms with Crippen molar-refractivity contribution in [1.82, 2.24) is 24.7 Å². The molecule has 0 spiro atoms. The number of nitrogens with zero attached hydrogens (tertiary/aromatic N) is 5. The van der Waals surface area contributed by atoms with Crippen molar-refractivity contribution in [1.29, 1.82) is 0 Å². The molecule has 1 aromatic carbocycles. The van der Waals surface area contributed by atoms with Crippen LogP contribution in [0.3, 0.4) is 0 Å². The number of aryl methyl sites for hydroxylation is 2. The Morgan fingerprint density at radius 2 is 1.82 bits per heavy atom. The van der Waals surface area contributed by atoms with E-state index in [1.54, 1.807) is 18.6 Å². The van der Waals surface area contributed by atoms with Crippen LogP contribution in [0.1, 0.15) is 17.1 Å². The smallest absolute Gasteiger partial charge is 0.139 e. The van der Waals surface area contributed by atoms with E-state index < -0.39 is 8.07 Å². The minimum atomic E-state index is -1.08. The number of fused-ring (bicyclic) bond motifs is 1. The molecule has 3 aromatic heterocycles. The van der Waals surface area contributed by atoms with Crippen LogP contribution in [0.15, 0.2) is 49.1 Å². The lowest BCUT2D eigenvalue weighted by Gasteiger charge is -2.15. The number of anilines is 2.